The molecule has 0 saturated carbocycles. The second-order valence-electron chi connectivity index (χ2n) is 3.72. The van der Waals surface area contributed by atoms with Crippen LogP contribution in [-0.2, 0) is 0 Å². The maximum absolute atomic E-state index is 11.1. The van der Waals surface area contributed by atoms with Gasteiger partial charge in [0, 0.05) is 10.8 Å². The Morgan fingerprint density at radius 2 is 1.26 bits per heavy atom. The van der Waals surface area contributed by atoms with E-state index < -0.39 is 17.9 Å². The minimum absolute atomic E-state index is 0.0349. The normalized spacial score (nSPS) is 10.3. The average Bonchev–Trinajstić information content (AvgIpc) is 2.35. The van der Waals surface area contributed by atoms with Gasteiger partial charge in [0.2, 0.25) is 0 Å². The molecule has 0 fully saturated rings. The molecule has 0 atom stereocenters. The van der Waals surface area contributed by atoms with Crippen molar-refractivity contribution in [2.75, 3.05) is 0 Å². The Labute approximate surface area is 106 Å². The first-order valence-corrected chi connectivity index (χ1v) is 5.10. The van der Waals surface area contributed by atoms with E-state index in [9.17, 15) is 14.4 Å². The van der Waals surface area contributed by atoms with Gasteiger partial charge in [-0.2, -0.15) is 0 Å². The predicted molar refractivity (Wildman–Crippen MR) is 63.7 cm³/mol. The molecule has 0 aliphatic rings. The molecule has 3 N–H and O–H groups in total. The van der Waals surface area contributed by atoms with Gasteiger partial charge in [0.1, 0.15) is 0 Å². The lowest BCUT2D eigenvalue weighted by atomic mass is 9.95. The van der Waals surface area contributed by atoms with Crippen molar-refractivity contribution in [2.24, 2.45) is 0 Å². The lowest BCUT2D eigenvalue weighted by molar-refractivity contribution is 0.0681. The van der Waals surface area contributed by atoms with Gasteiger partial charge < -0.3 is 15.3 Å². The predicted octanol–water partition coefficient (Wildman–Crippen LogP) is 1.73. The topological polar surface area (TPSA) is 112 Å². The molecule has 2 aromatic carbocycles. The molecule has 0 aliphatic heterocycles. The summed E-state index contributed by atoms with van der Waals surface area (Å²) >= 11 is 0. The third-order valence-corrected chi connectivity index (χ3v) is 2.64. The zero-order chi connectivity index (χ0) is 14.2. The van der Waals surface area contributed by atoms with Gasteiger partial charge in [-0.05, 0) is 24.3 Å². The smallest absolute Gasteiger partial charge is 0.336 e. The van der Waals surface area contributed by atoms with Crippen molar-refractivity contribution in [3.63, 3.8) is 0 Å². The minimum atomic E-state index is -1.33. The fourth-order valence-electron chi connectivity index (χ4n) is 1.86. The van der Waals surface area contributed by atoms with Crippen LogP contribution in [-0.4, -0.2) is 33.2 Å². The largest absolute Gasteiger partial charge is 0.478 e. The van der Waals surface area contributed by atoms with E-state index in [1.165, 1.54) is 12.1 Å². The number of carbonyl (C=O) groups is 3. The Hall–Kier alpha value is -2.89. The Morgan fingerprint density at radius 3 is 1.79 bits per heavy atom. The van der Waals surface area contributed by atoms with Crippen molar-refractivity contribution in [3.05, 3.63) is 47.0 Å². The van der Waals surface area contributed by atoms with Crippen LogP contribution in [0.1, 0.15) is 31.1 Å². The standard InChI is InChI=1S/C13H7O6/c14-11(15)7-4-5-9(13(18)19)10-6(7)2-1-3-8(10)12(16)17/h1,3-5H,(H,14,15)(H,16,17)(H,18,19). The molecule has 95 valence electrons. The number of benzene rings is 2. The zero-order valence-electron chi connectivity index (χ0n) is 9.38. The Kier molecular flexibility index (Phi) is 2.92. The summed E-state index contributed by atoms with van der Waals surface area (Å²) in [5.74, 6) is -3.94. The van der Waals surface area contributed by atoms with E-state index in [0.29, 0.717) is 0 Å². The van der Waals surface area contributed by atoms with Crippen LogP contribution in [0.2, 0.25) is 0 Å². The number of rotatable bonds is 3. The second-order valence-corrected chi connectivity index (χ2v) is 3.72. The van der Waals surface area contributed by atoms with Gasteiger partial charge in [-0.15, -0.1) is 0 Å². The van der Waals surface area contributed by atoms with Crippen LogP contribution in [0.5, 0.6) is 0 Å². The van der Waals surface area contributed by atoms with Gasteiger partial charge in [-0.1, -0.05) is 6.07 Å². The molecule has 0 spiro atoms. The number of carboxylic acids is 3. The molecule has 6 heteroatoms. The highest BCUT2D eigenvalue weighted by Gasteiger charge is 2.20. The van der Waals surface area contributed by atoms with Crippen molar-refractivity contribution in [1.82, 2.24) is 0 Å². The van der Waals surface area contributed by atoms with Crippen molar-refractivity contribution in [2.45, 2.75) is 0 Å². The molecular formula is C13H7O6. The third-order valence-electron chi connectivity index (χ3n) is 2.64. The van der Waals surface area contributed by atoms with E-state index in [1.54, 1.807) is 0 Å². The molecule has 2 rings (SSSR count). The molecule has 0 aliphatic carbocycles. The van der Waals surface area contributed by atoms with Gasteiger partial charge in [-0.25, -0.2) is 14.4 Å². The molecule has 0 heterocycles. The molecule has 0 amide bonds. The number of aromatic carboxylic acids is 3. The van der Waals surface area contributed by atoms with Gasteiger partial charge in [-0.3, -0.25) is 0 Å². The first kappa shape index (κ1) is 12.6. The number of hydrogen-bond donors (Lipinski definition) is 3. The van der Waals surface area contributed by atoms with Crippen molar-refractivity contribution >= 4 is 28.7 Å². The van der Waals surface area contributed by atoms with Gasteiger partial charge in [0.15, 0.2) is 0 Å². The quantitative estimate of drug-likeness (QED) is 0.773. The van der Waals surface area contributed by atoms with E-state index in [-0.39, 0.29) is 27.5 Å². The van der Waals surface area contributed by atoms with Crippen molar-refractivity contribution in [1.29, 1.82) is 0 Å². The highest BCUT2D eigenvalue weighted by molar-refractivity contribution is 6.16. The molecule has 0 aromatic heterocycles. The fraction of sp³-hybridized carbons (Fsp3) is 0. The lowest BCUT2D eigenvalue weighted by Crippen LogP contribution is -2.07. The van der Waals surface area contributed by atoms with Crippen LogP contribution in [0, 0.1) is 6.07 Å². The van der Waals surface area contributed by atoms with Crippen LogP contribution in [0.25, 0.3) is 10.8 Å². The van der Waals surface area contributed by atoms with E-state index >= 15 is 0 Å². The monoisotopic (exact) mass is 259 g/mol. The van der Waals surface area contributed by atoms with Crippen LogP contribution in [0.15, 0.2) is 24.3 Å². The highest BCUT2D eigenvalue weighted by atomic mass is 16.4. The summed E-state index contributed by atoms with van der Waals surface area (Å²) in [6.45, 7) is 0. The van der Waals surface area contributed by atoms with E-state index in [1.807, 2.05) is 0 Å². The SMILES string of the molecule is O=C(O)c1ccc(C(=O)O)c2c(C(=O)O)cc[c]c12. The Bertz CT molecular complexity index is 696. The number of hydrogen-bond acceptors (Lipinski definition) is 3. The molecule has 1 radical (unpaired) electrons. The van der Waals surface area contributed by atoms with Crippen molar-refractivity contribution < 1.29 is 29.7 Å². The minimum Gasteiger partial charge on any atom is -0.478 e. The Balaban J connectivity index is 3.01. The summed E-state index contributed by atoms with van der Waals surface area (Å²) in [6.07, 6.45) is 0. The zero-order valence-corrected chi connectivity index (χ0v) is 9.38. The number of carboxylic acid groups (broad SMARTS) is 3. The van der Waals surface area contributed by atoms with Crippen molar-refractivity contribution in [3.8, 4) is 0 Å². The average molecular weight is 259 g/mol. The van der Waals surface area contributed by atoms with Crippen LogP contribution in [0.4, 0.5) is 0 Å². The fourth-order valence-corrected chi connectivity index (χ4v) is 1.86. The molecule has 0 unspecified atom stereocenters. The maximum Gasteiger partial charge on any atom is 0.336 e. The molecule has 0 saturated heterocycles. The summed E-state index contributed by atoms with van der Waals surface area (Å²) in [5, 5.41) is 27.0. The molecule has 6 nitrogen and oxygen atoms in total. The molecule has 2 aromatic rings. The van der Waals surface area contributed by atoms with E-state index in [0.717, 1.165) is 12.1 Å². The summed E-state index contributed by atoms with van der Waals surface area (Å²) in [5.41, 5.74) is -0.730. The summed E-state index contributed by atoms with van der Waals surface area (Å²) < 4.78 is 0. The Morgan fingerprint density at radius 1 is 0.789 bits per heavy atom. The van der Waals surface area contributed by atoms with Gasteiger partial charge in [0.25, 0.3) is 0 Å². The lowest BCUT2D eigenvalue weighted by Gasteiger charge is -2.08. The van der Waals surface area contributed by atoms with Gasteiger partial charge >= 0.3 is 17.9 Å². The van der Waals surface area contributed by atoms with Gasteiger partial charge in [0.05, 0.1) is 16.7 Å². The second kappa shape index (κ2) is 4.41. The first-order chi connectivity index (χ1) is 8.93. The van der Waals surface area contributed by atoms with E-state index in [2.05, 4.69) is 6.07 Å². The first-order valence-electron chi connectivity index (χ1n) is 5.10. The summed E-state index contributed by atoms with van der Waals surface area (Å²) in [7, 11) is 0. The molecular weight excluding hydrogens is 252 g/mol. The highest BCUT2D eigenvalue weighted by Crippen LogP contribution is 2.26. The number of fused-ring (bicyclic) bond motifs is 1. The van der Waals surface area contributed by atoms with Crippen LogP contribution < -0.4 is 0 Å². The third kappa shape index (κ3) is 1.99. The summed E-state index contributed by atoms with van der Waals surface area (Å²) in [6, 6.07) is 7.22. The van der Waals surface area contributed by atoms with E-state index in [4.69, 9.17) is 15.3 Å². The molecule has 19 heavy (non-hydrogen) atoms. The summed E-state index contributed by atoms with van der Waals surface area (Å²) in [4.78, 5) is 33.3. The molecule has 0 bridgehead atoms. The maximum atomic E-state index is 11.1. The van der Waals surface area contributed by atoms with Crippen LogP contribution in [0.3, 0.4) is 0 Å². The van der Waals surface area contributed by atoms with Crippen LogP contribution >= 0.6 is 0 Å².